The standard InChI is InChI=1S/C16H24N2/c1-2-11-18(15-9-10-15)16-6-4-3-5-13(16)12-17-14-7-8-14/h3-6,14-15,17H,2,7-12H2,1H3. The molecule has 0 aromatic heterocycles. The molecule has 1 N–H and O–H groups in total. The van der Waals surface area contributed by atoms with Crippen LogP contribution in [0.3, 0.4) is 0 Å². The number of rotatable bonds is 7. The summed E-state index contributed by atoms with van der Waals surface area (Å²) in [5.74, 6) is 0. The van der Waals surface area contributed by atoms with Gasteiger partial charge in [-0.1, -0.05) is 25.1 Å². The zero-order chi connectivity index (χ0) is 12.4. The number of hydrogen-bond donors (Lipinski definition) is 1. The Morgan fingerprint density at radius 1 is 1.17 bits per heavy atom. The Morgan fingerprint density at radius 3 is 2.61 bits per heavy atom. The smallest absolute Gasteiger partial charge is 0.0414 e. The number of anilines is 1. The zero-order valence-corrected chi connectivity index (χ0v) is 11.4. The van der Waals surface area contributed by atoms with E-state index in [1.807, 2.05) is 0 Å². The largest absolute Gasteiger partial charge is 0.368 e. The molecular formula is C16H24N2. The van der Waals surface area contributed by atoms with Crippen LogP contribution >= 0.6 is 0 Å². The van der Waals surface area contributed by atoms with E-state index in [1.165, 1.54) is 49.9 Å². The van der Waals surface area contributed by atoms with Crippen LogP contribution in [0.5, 0.6) is 0 Å². The van der Waals surface area contributed by atoms with Gasteiger partial charge in [-0.25, -0.2) is 0 Å². The summed E-state index contributed by atoms with van der Waals surface area (Å²) in [6, 6.07) is 10.5. The summed E-state index contributed by atoms with van der Waals surface area (Å²) in [5, 5.41) is 3.64. The molecular weight excluding hydrogens is 220 g/mol. The maximum absolute atomic E-state index is 3.64. The molecule has 18 heavy (non-hydrogen) atoms. The molecule has 0 saturated heterocycles. The molecule has 2 aliphatic carbocycles. The summed E-state index contributed by atoms with van der Waals surface area (Å²) in [6.45, 7) is 4.51. The lowest BCUT2D eigenvalue weighted by Gasteiger charge is -2.27. The molecule has 1 aromatic rings. The van der Waals surface area contributed by atoms with Gasteiger partial charge in [0.15, 0.2) is 0 Å². The Kier molecular flexibility index (Phi) is 3.55. The van der Waals surface area contributed by atoms with E-state index < -0.39 is 0 Å². The molecule has 0 radical (unpaired) electrons. The highest BCUT2D eigenvalue weighted by Gasteiger charge is 2.30. The predicted molar refractivity (Wildman–Crippen MR) is 77.0 cm³/mol. The second kappa shape index (κ2) is 5.31. The number of hydrogen-bond acceptors (Lipinski definition) is 2. The van der Waals surface area contributed by atoms with Crippen molar-refractivity contribution in [2.45, 2.75) is 57.7 Å². The molecule has 0 bridgehead atoms. The van der Waals surface area contributed by atoms with Gasteiger partial charge in [0.25, 0.3) is 0 Å². The molecule has 2 nitrogen and oxygen atoms in total. The molecule has 3 rings (SSSR count). The Bertz CT molecular complexity index is 394. The van der Waals surface area contributed by atoms with Crippen molar-refractivity contribution in [1.82, 2.24) is 5.32 Å². The van der Waals surface area contributed by atoms with Gasteiger partial charge in [0, 0.05) is 30.9 Å². The third-order valence-corrected chi connectivity index (χ3v) is 3.91. The van der Waals surface area contributed by atoms with Gasteiger partial charge in [-0.15, -0.1) is 0 Å². The number of para-hydroxylation sites is 1. The Morgan fingerprint density at radius 2 is 1.94 bits per heavy atom. The lowest BCUT2D eigenvalue weighted by Crippen LogP contribution is -2.28. The van der Waals surface area contributed by atoms with Crippen LogP contribution in [-0.4, -0.2) is 18.6 Å². The summed E-state index contributed by atoms with van der Waals surface area (Å²) in [4.78, 5) is 2.63. The van der Waals surface area contributed by atoms with Crippen molar-refractivity contribution in [2.24, 2.45) is 0 Å². The normalized spacial score (nSPS) is 18.9. The topological polar surface area (TPSA) is 15.3 Å². The maximum Gasteiger partial charge on any atom is 0.0414 e. The highest BCUT2D eigenvalue weighted by atomic mass is 15.2. The van der Waals surface area contributed by atoms with Crippen molar-refractivity contribution in [3.05, 3.63) is 29.8 Å². The zero-order valence-electron chi connectivity index (χ0n) is 11.4. The quantitative estimate of drug-likeness (QED) is 0.791. The Hall–Kier alpha value is -1.02. The molecule has 0 unspecified atom stereocenters. The highest BCUT2D eigenvalue weighted by Crippen LogP contribution is 2.34. The minimum atomic E-state index is 0.790. The Balaban J connectivity index is 1.74. The van der Waals surface area contributed by atoms with Gasteiger partial charge in [0.1, 0.15) is 0 Å². The van der Waals surface area contributed by atoms with Crippen molar-refractivity contribution in [1.29, 1.82) is 0 Å². The second-order valence-corrected chi connectivity index (χ2v) is 5.71. The van der Waals surface area contributed by atoms with Crippen molar-refractivity contribution in [3.63, 3.8) is 0 Å². The second-order valence-electron chi connectivity index (χ2n) is 5.71. The summed E-state index contributed by atoms with van der Waals surface area (Å²) >= 11 is 0. The van der Waals surface area contributed by atoms with Gasteiger partial charge in [0.05, 0.1) is 0 Å². The average Bonchev–Trinajstić information content (AvgIpc) is 3.28. The van der Waals surface area contributed by atoms with E-state index in [2.05, 4.69) is 41.4 Å². The van der Waals surface area contributed by atoms with Crippen LogP contribution in [0.1, 0.15) is 44.6 Å². The van der Waals surface area contributed by atoms with Crippen LogP contribution in [0.4, 0.5) is 5.69 Å². The van der Waals surface area contributed by atoms with Crippen LogP contribution in [0, 0.1) is 0 Å². The first-order chi connectivity index (χ1) is 8.88. The number of nitrogens with one attached hydrogen (secondary N) is 1. The molecule has 2 heteroatoms. The third-order valence-electron chi connectivity index (χ3n) is 3.91. The van der Waals surface area contributed by atoms with E-state index in [-0.39, 0.29) is 0 Å². The summed E-state index contributed by atoms with van der Waals surface area (Å²) in [6.07, 6.45) is 6.72. The molecule has 0 heterocycles. The molecule has 1 aromatic carbocycles. The van der Waals surface area contributed by atoms with Crippen molar-refractivity contribution in [2.75, 3.05) is 11.4 Å². The summed E-state index contributed by atoms with van der Waals surface area (Å²) in [7, 11) is 0. The molecule has 2 aliphatic rings. The molecule has 0 atom stereocenters. The van der Waals surface area contributed by atoms with Crippen LogP contribution in [0.15, 0.2) is 24.3 Å². The number of benzene rings is 1. The minimum Gasteiger partial charge on any atom is -0.368 e. The van der Waals surface area contributed by atoms with E-state index in [1.54, 1.807) is 0 Å². The van der Waals surface area contributed by atoms with E-state index in [0.29, 0.717) is 0 Å². The average molecular weight is 244 g/mol. The van der Waals surface area contributed by atoms with Crippen molar-refractivity contribution < 1.29 is 0 Å². The van der Waals surface area contributed by atoms with Crippen LogP contribution in [0.2, 0.25) is 0 Å². The fraction of sp³-hybridized carbons (Fsp3) is 0.625. The summed E-state index contributed by atoms with van der Waals surface area (Å²) < 4.78 is 0. The lowest BCUT2D eigenvalue weighted by molar-refractivity contribution is 0.680. The van der Waals surface area contributed by atoms with Crippen molar-refractivity contribution >= 4 is 5.69 Å². The Labute approximate surface area is 110 Å². The fourth-order valence-corrected chi connectivity index (χ4v) is 2.61. The third kappa shape index (κ3) is 2.86. The van der Waals surface area contributed by atoms with E-state index in [4.69, 9.17) is 0 Å². The van der Waals surface area contributed by atoms with Gasteiger partial charge in [0.2, 0.25) is 0 Å². The molecule has 98 valence electrons. The maximum atomic E-state index is 3.64. The monoisotopic (exact) mass is 244 g/mol. The highest BCUT2D eigenvalue weighted by molar-refractivity contribution is 5.55. The fourth-order valence-electron chi connectivity index (χ4n) is 2.61. The van der Waals surface area contributed by atoms with Crippen molar-refractivity contribution in [3.8, 4) is 0 Å². The molecule has 2 fully saturated rings. The number of nitrogens with zero attached hydrogens (tertiary/aromatic N) is 1. The van der Waals surface area contributed by atoms with E-state index >= 15 is 0 Å². The molecule has 2 saturated carbocycles. The van der Waals surface area contributed by atoms with E-state index in [9.17, 15) is 0 Å². The first-order valence-corrected chi connectivity index (χ1v) is 7.46. The van der Waals surface area contributed by atoms with Gasteiger partial charge in [-0.05, 0) is 43.7 Å². The molecule has 0 aliphatic heterocycles. The first-order valence-electron chi connectivity index (χ1n) is 7.46. The van der Waals surface area contributed by atoms with Gasteiger partial charge in [-0.2, -0.15) is 0 Å². The summed E-state index contributed by atoms with van der Waals surface area (Å²) in [5.41, 5.74) is 2.94. The van der Waals surface area contributed by atoms with Gasteiger partial charge in [-0.3, -0.25) is 0 Å². The molecule has 0 spiro atoms. The van der Waals surface area contributed by atoms with Crippen LogP contribution < -0.4 is 10.2 Å². The minimum absolute atomic E-state index is 0.790. The predicted octanol–water partition coefficient (Wildman–Crippen LogP) is 3.32. The van der Waals surface area contributed by atoms with E-state index in [0.717, 1.165) is 18.6 Å². The van der Waals surface area contributed by atoms with Crippen LogP contribution in [-0.2, 0) is 6.54 Å². The van der Waals surface area contributed by atoms with Crippen LogP contribution in [0.25, 0.3) is 0 Å². The first kappa shape index (κ1) is 12.0. The van der Waals surface area contributed by atoms with Gasteiger partial charge >= 0.3 is 0 Å². The van der Waals surface area contributed by atoms with Gasteiger partial charge < -0.3 is 10.2 Å². The molecule has 0 amide bonds. The SMILES string of the molecule is CCCN(c1ccccc1CNC1CC1)C1CC1. The lowest BCUT2D eigenvalue weighted by atomic mass is 10.1.